The molecule has 1 fully saturated rings. The summed E-state index contributed by atoms with van der Waals surface area (Å²) in [6, 6.07) is 6.77. The number of alkyl halides is 3. The number of ether oxygens (including phenoxy) is 2. The van der Waals surface area contributed by atoms with Crippen molar-refractivity contribution in [3.63, 3.8) is 0 Å². The summed E-state index contributed by atoms with van der Waals surface area (Å²) in [5.74, 6) is 0.604. The van der Waals surface area contributed by atoms with Crippen LogP contribution in [0, 0.1) is 0 Å². The molecule has 10 heteroatoms. The van der Waals surface area contributed by atoms with Crippen molar-refractivity contribution in [1.29, 1.82) is 0 Å². The molecule has 1 aromatic rings. The van der Waals surface area contributed by atoms with Crippen LogP contribution in [0.2, 0.25) is 5.02 Å². The number of benzene rings is 1. The zero-order chi connectivity index (χ0) is 17.7. The molecule has 0 aliphatic carbocycles. The molecule has 142 valence electrons. The Hall–Kier alpha value is -1.38. The van der Waals surface area contributed by atoms with Gasteiger partial charge in [-0.25, -0.2) is 4.79 Å². The van der Waals surface area contributed by atoms with Crippen LogP contribution < -0.4 is 10.5 Å². The minimum Gasteiger partial charge on any atom is -0.489 e. The Morgan fingerprint density at radius 2 is 2.00 bits per heavy atom. The van der Waals surface area contributed by atoms with Crippen LogP contribution in [-0.2, 0) is 4.74 Å². The fourth-order valence-electron chi connectivity index (χ4n) is 2.56. The summed E-state index contributed by atoms with van der Waals surface area (Å²) in [6.07, 6.45) is -7.19. The van der Waals surface area contributed by atoms with Gasteiger partial charge in [-0.1, -0.05) is 11.6 Å². The average Bonchev–Trinajstić information content (AvgIpc) is 2.48. The van der Waals surface area contributed by atoms with E-state index in [9.17, 15) is 18.0 Å². The molecule has 0 spiro atoms. The minimum absolute atomic E-state index is 0. The monoisotopic (exact) mass is 402 g/mol. The first-order valence-corrected chi connectivity index (χ1v) is 7.79. The highest BCUT2D eigenvalue weighted by molar-refractivity contribution is 6.30. The van der Waals surface area contributed by atoms with Gasteiger partial charge in [-0.05, 0) is 43.7 Å². The Kier molecular flexibility index (Phi) is 8.11. The molecule has 1 amide bonds. The van der Waals surface area contributed by atoms with Crippen LogP contribution >= 0.6 is 24.0 Å². The highest BCUT2D eigenvalue weighted by atomic mass is 35.5. The molecule has 25 heavy (non-hydrogen) atoms. The third kappa shape index (κ3) is 7.17. The maximum atomic E-state index is 12.9. The molecule has 1 aromatic carbocycles. The molecular formula is C15H19Cl2F3N2O3. The summed E-state index contributed by atoms with van der Waals surface area (Å²) >= 11 is 5.80. The van der Waals surface area contributed by atoms with Crippen molar-refractivity contribution < 1.29 is 27.4 Å². The van der Waals surface area contributed by atoms with E-state index in [0.717, 1.165) is 6.42 Å². The maximum absolute atomic E-state index is 12.9. The number of carbonyl (C=O) groups excluding carboxylic acids is 1. The van der Waals surface area contributed by atoms with Gasteiger partial charge in [0.15, 0.2) is 0 Å². The topological polar surface area (TPSA) is 64.8 Å². The van der Waals surface area contributed by atoms with E-state index in [0.29, 0.717) is 30.3 Å². The molecule has 0 radical (unpaired) electrons. The van der Waals surface area contributed by atoms with Crippen molar-refractivity contribution in [2.75, 3.05) is 19.6 Å². The molecule has 1 aliphatic heterocycles. The Balaban J connectivity index is 0.00000312. The number of halogens is 5. The standard InChI is InChI=1S/C15H18ClF3N2O3.ClH/c16-10-3-5-11(6-4-10)23-12-2-1-7-21(8-12)9-13(15(17,18)19)24-14(20)22;/h3-6,12-13H,1-2,7-9H2,(H2,20,22);1H/t12-,13+;/m1./s1. The number of hydrogen-bond acceptors (Lipinski definition) is 4. The van der Waals surface area contributed by atoms with E-state index in [1.54, 1.807) is 29.2 Å². The largest absolute Gasteiger partial charge is 0.489 e. The van der Waals surface area contributed by atoms with Crippen molar-refractivity contribution in [2.24, 2.45) is 5.73 Å². The third-order valence-electron chi connectivity index (χ3n) is 3.63. The highest BCUT2D eigenvalue weighted by Crippen LogP contribution is 2.26. The smallest absolute Gasteiger partial charge is 0.426 e. The summed E-state index contributed by atoms with van der Waals surface area (Å²) < 4.78 is 48.7. The zero-order valence-electron chi connectivity index (χ0n) is 13.2. The van der Waals surface area contributed by atoms with Gasteiger partial charge in [0.05, 0.1) is 0 Å². The lowest BCUT2D eigenvalue weighted by molar-refractivity contribution is -0.208. The molecule has 0 saturated carbocycles. The van der Waals surface area contributed by atoms with Gasteiger partial charge in [-0.2, -0.15) is 13.2 Å². The van der Waals surface area contributed by atoms with Crippen molar-refractivity contribution in [3.05, 3.63) is 29.3 Å². The number of rotatable bonds is 5. The van der Waals surface area contributed by atoms with Crippen LogP contribution in [0.5, 0.6) is 5.75 Å². The third-order valence-corrected chi connectivity index (χ3v) is 3.88. The van der Waals surface area contributed by atoms with Crippen LogP contribution in [0.1, 0.15) is 12.8 Å². The van der Waals surface area contributed by atoms with Gasteiger partial charge in [0, 0.05) is 18.1 Å². The fourth-order valence-corrected chi connectivity index (χ4v) is 2.69. The van der Waals surface area contributed by atoms with E-state index < -0.39 is 24.9 Å². The fraction of sp³-hybridized carbons (Fsp3) is 0.533. The Labute approximate surface area is 154 Å². The van der Waals surface area contributed by atoms with Crippen molar-refractivity contribution in [3.8, 4) is 5.75 Å². The van der Waals surface area contributed by atoms with E-state index in [1.165, 1.54) is 0 Å². The van der Waals surface area contributed by atoms with Gasteiger partial charge < -0.3 is 15.2 Å². The molecule has 1 aliphatic rings. The molecule has 5 nitrogen and oxygen atoms in total. The van der Waals surface area contributed by atoms with Gasteiger partial charge in [0.2, 0.25) is 6.10 Å². The van der Waals surface area contributed by atoms with Crippen LogP contribution in [0.4, 0.5) is 18.0 Å². The molecular weight excluding hydrogens is 384 g/mol. The molecule has 2 atom stereocenters. The van der Waals surface area contributed by atoms with E-state index >= 15 is 0 Å². The number of likely N-dealkylation sites (tertiary alicyclic amines) is 1. The summed E-state index contributed by atoms with van der Waals surface area (Å²) in [5, 5.41) is 0.573. The molecule has 0 aromatic heterocycles. The number of nitrogens with zero attached hydrogens (tertiary/aromatic N) is 1. The van der Waals surface area contributed by atoms with Gasteiger partial charge in [-0.3, -0.25) is 4.90 Å². The Bertz CT molecular complexity index is 558. The second-order valence-corrected chi connectivity index (χ2v) is 6.00. The van der Waals surface area contributed by atoms with Crippen LogP contribution in [0.3, 0.4) is 0 Å². The summed E-state index contributed by atoms with van der Waals surface area (Å²) in [5.41, 5.74) is 4.72. The Morgan fingerprint density at radius 3 is 2.56 bits per heavy atom. The number of nitrogens with two attached hydrogens (primary N) is 1. The molecule has 1 saturated heterocycles. The molecule has 2 N–H and O–H groups in total. The van der Waals surface area contributed by atoms with Gasteiger partial charge >= 0.3 is 12.3 Å². The average molecular weight is 403 g/mol. The van der Waals surface area contributed by atoms with Gasteiger partial charge in [0.25, 0.3) is 0 Å². The predicted molar refractivity (Wildman–Crippen MR) is 89.3 cm³/mol. The van der Waals surface area contributed by atoms with Crippen molar-refractivity contribution >= 4 is 30.1 Å². The molecule has 1 heterocycles. The molecule has 2 rings (SSSR count). The molecule has 0 bridgehead atoms. The van der Waals surface area contributed by atoms with Crippen LogP contribution in [0.25, 0.3) is 0 Å². The summed E-state index contributed by atoms with van der Waals surface area (Å²) in [7, 11) is 0. The van der Waals surface area contributed by atoms with Crippen LogP contribution in [-0.4, -0.2) is 49.0 Å². The quantitative estimate of drug-likeness (QED) is 0.816. The predicted octanol–water partition coefficient (Wildman–Crippen LogP) is 3.63. The number of amides is 1. The number of piperidine rings is 1. The number of primary amides is 1. The molecule has 0 unspecified atom stereocenters. The lowest BCUT2D eigenvalue weighted by atomic mass is 10.1. The second-order valence-electron chi connectivity index (χ2n) is 5.56. The van der Waals surface area contributed by atoms with Crippen molar-refractivity contribution in [2.45, 2.75) is 31.2 Å². The Morgan fingerprint density at radius 1 is 1.36 bits per heavy atom. The zero-order valence-corrected chi connectivity index (χ0v) is 14.7. The van der Waals surface area contributed by atoms with E-state index in [2.05, 4.69) is 4.74 Å². The minimum atomic E-state index is -4.67. The SMILES string of the molecule is Cl.NC(=O)O[C@@H](CN1CCC[C@@H](Oc2ccc(Cl)cc2)C1)C(F)(F)F. The summed E-state index contributed by atoms with van der Waals surface area (Å²) in [6.45, 7) is 0.305. The summed E-state index contributed by atoms with van der Waals surface area (Å²) in [4.78, 5) is 12.2. The van der Waals surface area contributed by atoms with Crippen LogP contribution in [0.15, 0.2) is 24.3 Å². The first-order valence-electron chi connectivity index (χ1n) is 7.41. The van der Waals surface area contributed by atoms with E-state index in [4.69, 9.17) is 22.1 Å². The lowest BCUT2D eigenvalue weighted by Crippen LogP contribution is -2.49. The van der Waals surface area contributed by atoms with E-state index in [-0.39, 0.29) is 18.5 Å². The van der Waals surface area contributed by atoms with E-state index in [1.807, 2.05) is 0 Å². The first kappa shape index (κ1) is 21.7. The highest BCUT2D eigenvalue weighted by Gasteiger charge is 2.44. The van der Waals surface area contributed by atoms with Gasteiger partial charge in [0.1, 0.15) is 11.9 Å². The number of hydrogen-bond donors (Lipinski definition) is 1. The van der Waals surface area contributed by atoms with Gasteiger partial charge in [-0.15, -0.1) is 12.4 Å². The lowest BCUT2D eigenvalue weighted by Gasteiger charge is -2.35. The number of carbonyl (C=O) groups is 1. The van der Waals surface area contributed by atoms with Crippen molar-refractivity contribution in [1.82, 2.24) is 4.90 Å². The second kappa shape index (κ2) is 9.35. The first-order chi connectivity index (χ1) is 11.2. The normalized spacial score (nSPS) is 19.6. The maximum Gasteiger partial charge on any atom is 0.426 e.